The van der Waals surface area contributed by atoms with Crippen molar-refractivity contribution in [2.45, 2.75) is 30.4 Å². The molecule has 4 nitrogen and oxygen atoms in total. The summed E-state index contributed by atoms with van der Waals surface area (Å²) in [5.41, 5.74) is -0.549. The van der Waals surface area contributed by atoms with E-state index in [1.807, 2.05) is 0 Å². The maximum atomic E-state index is 12.4. The first-order valence-corrected chi connectivity index (χ1v) is 7.77. The molecule has 0 saturated carbocycles. The quantitative estimate of drug-likeness (QED) is 0.861. The van der Waals surface area contributed by atoms with Gasteiger partial charge in [0.05, 0.1) is 5.41 Å². The van der Waals surface area contributed by atoms with E-state index in [-0.39, 0.29) is 12.5 Å². The van der Waals surface area contributed by atoms with E-state index in [1.165, 1.54) is 29.2 Å². The lowest BCUT2D eigenvalue weighted by Crippen LogP contribution is -2.48. The Kier molecular flexibility index (Phi) is 5.05. The molecular weight excluding hydrogens is 312 g/mol. The van der Waals surface area contributed by atoms with Gasteiger partial charge in [-0.2, -0.15) is 8.78 Å². The minimum atomic E-state index is -2.50. The zero-order chi connectivity index (χ0) is 16.3. The van der Waals surface area contributed by atoms with Crippen molar-refractivity contribution in [2.24, 2.45) is 5.41 Å². The van der Waals surface area contributed by atoms with Gasteiger partial charge in [-0.15, -0.1) is 0 Å². The molecule has 0 bridgehead atoms. The van der Waals surface area contributed by atoms with Gasteiger partial charge in [0.2, 0.25) is 0 Å². The summed E-state index contributed by atoms with van der Waals surface area (Å²) in [6.07, 6.45) is 1.17. The Hall–Kier alpha value is -1.63. The molecule has 22 heavy (non-hydrogen) atoms. The lowest BCUT2D eigenvalue weighted by atomic mass is 9.82. The summed E-state index contributed by atoms with van der Waals surface area (Å²) < 4.78 is 24.5. The first-order chi connectivity index (χ1) is 10.3. The summed E-state index contributed by atoms with van der Waals surface area (Å²) in [4.78, 5) is 25.6. The molecule has 0 spiro atoms. The van der Waals surface area contributed by atoms with Crippen LogP contribution in [0.4, 0.5) is 8.78 Å². The number of benzene rings is 1. The van der Waals surface area contributed by atoms with E-state index in [2.05, 4.69) is 0 Å². The number of alkyl halides is 2. The number of amides is 1. The molecule has 1 atom stereocenters. The van der Waals surface area contributed by atoms with E-state index in [9.17, 15) is 23.5 Å². The largest absolute Gasteiger partial charge is 0.481 e. The lowest BCUT2D eigenvalue weighted by molar-refractivity contribution is -0.150. The van der Waals surface area contributed by atoms with Crippen molar-refractivity contribution in [1.29, 1.82) is 0 Å². The van der Waals surface area contributed by atoms with E-state index in [0.717, 1.165) is 0 Å². The van der Waals surface area contributed by atoms with Gasteiger partial charge >= 0.3 is 5.97 Å². The molecule has 0 aliphatic carbocycles. The van der Waals surface area contributed by atoms with Crippen LogP contribution in [-0.4, -0.2) is 40.7 Å². The Labute approximate surface area is 131 Å². The number of likely N-dealkylation sites (tertiary alicyclic amines) is 1. The highest BCUT2D eigenvalue weighted by Crippen LogP contribution is 2.31. The molecule has 1 amide bonds. The van der Waals surface area contributed by atoms with Crippen LogP contribution < -0.4 is 0 Å². The SMILES string of the molecule is CC1(C(=O)O)CCCN(C(=O)c2ccc(SC(F)F)cc2)C1. The van der Waals surface area contributed by atoms with Gasteiger partial charge in [0.1, 0.15) is 0 Å². The lowest BCUT2D eigenvalue weighted by Gasteiger charge is -2.37. The molecular formula is C15H17F2NO3S. The van der Waals surface area contributed by atoms with Gasteiger partial charge in [-0.3, -0.25) is 9.59 Å². The molecule has 0 aromatic heterocycles. The highest BCUT2D eigenvalue weighted by molar-refractivity contribution is 7.99. The fourth-order valence-corrected chi connectivity index (χ4v) is 3.05. The third kappa shape index (κ3) is 3.76. The summed E-state index contributed by atoms with van der Waals surface area (Å²) in [5, 5.41) is 9.28. The van der Waals surface area contributed by atoms with Crippen LogP contribution >= 0.6 is 11.8 Å². The number of nitrogens with zero attached hydrogens (tertiary/aromatic N) is 1. The second kappa shape index (κ2) is 6.64. The third-order valence-electron chi connectivity index (χ3n) is 3.83. The van der Waals surface area contributed by atoms with Crippen molar-refractivity contribution in [3.05, 3.63) is 29.8 Å². The number of hydrogen-bond acceptors (Lipinski definition) is 3. The van der Waals surface area contributed by atoms with E-state index < -0.39 is 17.1 Å². The Morgan fingerprint density at radius 2 is 1.95 bits per heavy atom. The number of carbonyl (C=O) groups excluding carboxylic acids is 1. The predicted octanol–water partition coefficient (Wildman–Crippen LogP) is 3.33. The Morgan fingerprint density at radius 1 is 1.32 bits per heavy atom. The van der Waals surface area contributed by atoms with Crippen molar-refractivity contribution in [1.82, 2.24) is 4.90 Å². The topological polar surface area (TPSA) is 57.6 Å². The maximum absolute atomic E-state index is 12.4. The van der Waals surface area contributed by atoms with E-state index in [4.69, 9.17) is 0 Å². The molecule has 1 aromatic rings. The first-order valence-electron chi connectivity index (χ1n) is 6.89. The number of piperidine rings is 1. The zero-order valence-electron chi connectivity index (χ0n) is 12.1. The number of carboxylic acid groups (broad SMARTS) is 1. The molecule has 7 heteroatoms. The Bertz CT molecular complexity index is 564. The third-order valence-corrected chi connectivity index (χ3v) is 4.55. The summed E-state index contributed by atoms with van der Waals surface area (Å²) >= 11 is 0.422. The van der Waals surface area contributed by atoms with E-state index in [1.54, 1.807) is 6.92 Å². The van der Waals surface area contributed by atoms with Gasteiger partial charge in [0.15, 0.2) is 0 Å². The van der Waals surface area contributed by atoms with Crippen LogP contribution in [0.2, 0.25) is 0 Å². The van der Waals surface area contributed by atoms with Crippen molar-refractivity contribution < 1.29 is 23.5 Å². The van der Waals surface area contributed by atoms with Crippen molar-refractivity contribution >= 4 is 23.6 Å². The molecule has 1 aromatic carbocycles. The fraction of sp³-hybridized carbons (Fsp3) is 0.467. The summed E-state index contributed by atoms with van der Waals surface area (Å²) in [6.45, 7) is 2.31. The number of rotatable bonds is 4. The number of halogens is 2. The van der Waals surface area contributed by atoms with Crippen LogP contribution in [0.15, 0.2) is 29.2 Å². The van der Waals surface area contributed by atoms with Gasteiger partial charge in [0.25, 0.3) is 11.7 Å². The highest BCUT2D eigenvalue weighted by atomic mass is 32.2. The standard InChI is InChI=1S/C15H17F2NO3S/c1-15(13(20)21)7-2-8-18(9-15)12(19)10-3-5-11(6-4-10)22-14(16)17/h3-6,14H,2,7-9H2,1H3,(H,20,21). The Balaban J connectivity index is 2.09. The monoisotopic (exact) mass is 329 g/mol. The first kappa shape index (κ1) is 16.7. The molecule has 1 saturated heterocycles. The van der Waals surface area contributed by atoms with Crippen molar-refractivity contribution in [3.8, 4) is 0 Å². The van der Waals surface area contributed by atoms with E-state index in [0.29, 0.717) is 41.6 Å². The van der Waals surface area contributed by atoms with Gasteiger partial charge in [-0.05, 0) is 44.0 Å². The van der Waals surface area contributed by atoms with Gasteiger partial charge in [-0.25, -0.2) is 0 Å². The van der Waals surface area contributed by atoms with Gasteiger partial charge < -0.3 is 10.0 Å². The average Bonchev–Trinajstić information content (AvgIpc) is 2.46. The molecule has 1 N–H and O–H groups in total. The van der Waals surface area contributed by atoms with Crippen molar-refractivity contribution in [2.75, 3.05) is 13.1 Å². The molecule has 2 rings (SSSR count). The smallest absolute Gasteiger partial charge is 0.311 e. The number of carboxylic acids is 1. The summed E-state index contributed by atoms with van der Waals surface area (Å²) in [7, 11) is 0. The zero-order valence-corrected chi connectivity index (χ0v) is 12.9. The summed E-state index contributed by atoms with van der Waals surface area (Å²) in [6, 6.07) is 5.95. The molecule has 1 unspecified atom stereocenters. The number of aliphatic carboxylic acids is 1. The van der Waals surface area contributed by atoms with Crippen LogP contribution in [0.25, 0.3) is 0 Å². The average molecular weight is 329 g/mol. The van der Waals surface area contributed by atoms with Crippen LogP contribution in [0.1, 0.15) is 30.1 Å². The number of hydrogen-bond donors (Lipinski definition) is 1. The minimum absolute atomic E-state index is 0.161. The summed E-state index contributed by atoms with van der Waals surface area (Å²) in [5.74, 6) is -3.67. The molecule has 1 heterocycles. The molecule has 1 fully saturated rings. The number of carbonyl (C=O) groups is 2. The van der Waals surface area contributed by atoms with Crippen molar-refractivity contribution in [3.63, 3.8) is 0 Å². The predicted molar refractivity (Wildman–Crippen MR) is 79.2 cm³/mol. The molecule has 1 aliphatic rings. The molecule has 0 radical (unpaired) electrons. The Morgan fingerprint density at radius 3 is 2.50 bits per heavy atom. The fourth-order valence-electron chi connectivity index (χ4n) is 2.55. The normalized spacial score (nSPS) is 21.9. The van der Waals surface area contributed by atoms with Gasteiger partial charge in [-0.1, -0.05) is 11.8 Å². The van der Waals surface area contributed by atoms with Crippen LogP contribution in [0.3, 0.4) is 0 Å². The molecule has 120 valence electrons. The minimum Gasteiger partial charge on any atom is -0.481 e. The van der Waals surface area contributed by atoms with Crippen LogP contribution in [0.5, 0.6) is 0 Å². The second-order valence-electron chi connectivity index (χ2n) is 5.60. The molecule has 1 aliphatic heterocycles. The maximum Gasteiger partial charge on any atom is 0.311 e. The number of thioether (sulfide) groups is 1. The second-order valence-corrected chi connectivity index (χ2v) is 6.66. The van der Waals surface area contributed by atoms with Crippen LogP contribution in [0, 0.1) is 5.41 Å². The van der Waals surface area contributed by atoms with Gasteiger partial charge in [0, 0.05) is 23.5 Å². The van der Waals surface area contributed by atoms with Crippen LogP contribution in [-0.2, 0) is 4.79 Å². The van der Waals surface area contributed by atoms with E-state index >= 15 is 0 Å². The highest BCUT2D eigenvalue weighted by Gasteiger charge is 2.39.